The summed E-state index contributed by atoms with van der Waals surface area (Å²) in [6.07, 6.45) is 2.17. The third-order valence-corrected chi connectivity index (χ3v) is 9.75. The fraction of sp³-hybridized carbons (Fsp3) is 0.0217. The van der Waals surface area contributed by atoms with Crippen LogP contribution in [0, 0.1) is 6.92 Å². The Hall–Kier alpha value is -6.85. The minimum Gasteiger partial charge on any atom is -0.317 e. The molecule has 5 heteroatoms. The summed E-state index contributed by atoms with van der Waals surface area (Å²) in [6.45, 7) is 2.13. The van der Waals surface area contributed by atoms with Gasteiger partial charge in [0.25, 0.3) is 0 Å². The van der Waals surface area contributed by atoms with Crippen molar-refractivity contribution in [1.82, 2.24) is 24.1 Å². The van der Waals surface area contributed by atoms with Crippen molar-refractivity contribution in [2.45, 2.75) is 6.92 Å². The molecule has 3 aromatic heterocycles. The molecule has 3 heterocycles. The molecule has 10 rings (SSSR count). The summed E-state index contributed by atoms with van der Waals surface area (Å²) in [5, 5.41) is 6.12. The molecule has 0 spiro atoms. The topological polar surface area (TPSA) is 48.5 Å². The zero-order valence-corrected chi connectivity index (χ0v) is 27.9. The van der Waals surface area contributed by atoms with E-state index in [1.165, 1.54) is 38.0 Å². The molecule has 0 aliphatic heterocycles. The quantitative estimate of drug-likeness (QED) is 0.186. The standard InChI is InChI=1S/C46H31N5/c1-30-23-36(46-48-44(31-13-5-2-6-14-31)47-45(49-46)32-15-7-3-8-16-32)26-38(24-30)50-22-21-33-25-34-27-40-39-19-11-12-20-41(39)51(37-17-9-4-10-18-37)43(40)29-35(34)28-42(33)50/h2-29H,1H3. The van der Waals surface area contributed by atoms with Crippen LogP contribution in [0.4, 0.5) is 0 Å². The summed E-state index contributed by atoms with van der Waals surface area (Å²) >= 11 is 0. The SMILES string of the molecule is Cc1cc(-c2nc(-c3ccccc3)nc(-c3ccccc3)n2)cc(-n2ccc3cc4cc5c6ccccc6n(-c6ccccc6)c5cc4cc32)c1. The van der Waals surface area contributed by atoms with E-state index in [0.29, 0.717) is 17.5 Å². The van der Waals surface area contributed by atoms with E-state index in [4.69, 9.17) is 15.0 Å². The molecule has 0 fully saturated rings. The van der Waals surface area contributed by atoms with Gasteiger partial charge in [-0.05, 0) is 90.0 Å². The first-order chi connectivity index (χ1) is 25.2. The van der Waals surface area contributed by atoms with Gasteiger partial charge in [0.2, 0.25) is 0 Å². The summed E-state index contributed by atoms with van der Waals surface area (Å²) in [7, 11) is 0. The maximum Gasteiger partial charge on any atom is 0.164 e. The first kappa shape index (κ1) is 29.1. The fourth-order valence-electron chi connectivity index (χ4n) is 7.40. The lowest BCUT2D eigenvalue weighted by atomic mass is 10.0. The van der Waals surface area contributed by atoms with Gasteiger partial charge < -0.3 is 9.13 Å². The van der Waals surface area contributed by atoms with Crippen LogP contribution in [0.1, 0.15) is 5.56 Å². The van der Waals surface area contributed by atoms with E-state index in [9.17, 15) is 0 Å². The van der Waals surface area contributed by atoms with E-state index in [0.717, 1.165) is 39.1 Å². The predicted octanol–water partition coefficient (Wildman–Crippen LogP) is 11.4. The van der Waals surface area contributed by atoms with Crippen molar-refractivity contribution in [3.8, 4) is 45.5 Å². The van der Waals surface area contributed by atoms with Gasteiger partial charge in [-0.3, -0.25) is 0 Å². The highest BCUT2D eigenvalue weighted by Crippen LogP contribution is 2.37. The average Bonchev–Trinajstić information content (AvgIpc) is 3.75. The molecule has 0 radical (unpaired) electrons. The van der Waals surface area contributed by atoms with Gasteiger partial charge in [0, 0.05) is 50.4 Å². The molecule has 0 bridgehead atoms. The molecular weight excluding hydrogens is 623 g/mol. The Labute approximate surface area is 294 Å². The lowest BCUT2D eigenvalue weighted by Crippen LogP contribution is -2.01. The molecule has 10 aromatic rings. The van der Waals surface area contributed by atoms with Crippen LogP contribution < -0.4 is 0 Å². The molecule has 0 unspecified atom stereocenters. The van der Waals surface area contributed by atoms with Crippen LogP contribution in [-0.4, -0.2) is 24.1 Å². The van der Waals surface area contributed by atoms with Crippen LogP contribution in [0.15, 0.2) is 170 Å². The number of rotatable bonds is 5. The maximum absolute atomic E-state index is 5.01. The monoisotopic (exact) mass is 653 g/mol. The van der Waals surface area contributed by atoms with Gasteiger partial charge in [-0.2, -0.15) is 0 Å². The lowest BCUT2D eigenvalue weighted by molar-refractivity contribution is 1.07. The van der Waals surface area contributed by atoms with E-state index in [-0.39, 0.29) is 0 Å². The van der Waals surface area contributed by atoms with Gasteiger partial charge >= 0.3 is 0 Å². The molecule has 240 valence electrons. The Bertz CT molecular complexity index is 2850. The smallest absolute Gasteiger partial charge is 0.164 e. The molecule has 5 nitrogen and oxygen atoms in total. The normalized spacial score (nSPS) is 11.6. The maximum atomic E-state index is 5.01. The third-order valence-electron chi connectivity index (χ3n) is 9.75. The molecule has 7 aromatic carbocycles. The Kier molecular flexibility index (Phi) is 6.64. The van der Waals surface area contributed by atoms with Gasteiger partial charge in [0.1, 0.15) is 0 Å². The largest absolute Gasteiger partial charge is 0.317 e. The first-order valence-electron chi connectivity index (χ1n) is 17.2. The number of aromatic nitrogens is 5. The number of nitrogens with zero attached hydrogens (tertiary/aromatic N) is 5. The van der Waals surface area contributed by atoms with Crippen LogP contribution in [0.2, 0.25) is 0 Å². The summed E-state index contributed by atoms with van der Waals surface area (Å²) in [4.78, 5) is 14.9. The highest BCUT2D eigenvalue weighted by molar-refractivity contribution is 6.15. The molecule has 51 heavy (non-hydrogen) atoms. The molecule has 0 aliphatic rings. The minimum atomic E-state index is 0.644. The van der Waals surface area contributed by atoms with Crippen molar-refractivity contribution in [1.29, 1.82) is 0 Å². The number of aryl methyl sites for hydroxylation is 1. The zero-order chi connectivity index (χ0) is 33.9. The van der Waals surface area contributed by atoms with Gasteiger partial charge in [0.05, 0.1) is 16.6 Å². The van der Waals surface area contributed by atoms with Gasteiger partial charge in [0.15, 0.2) is 17.5 Å². The van der Waals surface area contributed by atoms with Crippen molar-refractivity contribution in [3.05, 3.63) is 176 Å². The van der Waals surface area contributed by atoms with E-state index in [1.54, 1.807) is 0 Å². The first-order valence-corrected chi connectivity index (χ1v) is 17.2. The van der Waals surface area contributed by atoms with Crippen molar-refractivity contribution < 1.29 is 0 Å². The summed E-state index contributed by atoms with van der Waals surface area (Å²) in [6, 6.07) is 57.7. The number of benzene rings is 7. The lowest BCUT2D eigenvalue weighted by Gasteiger charge is -2.12. The van der Waals surface area contributed by atoms with E-state index in [1.807, 2.05) is 60.7 Å². The van der Waals surface area contributed by atoms with Gasteiger partial charge in [-0.1, -0.05) is 97.1 Å². The highest BCUT2D eigenvalue weighted by Gasteiger charge is 2.16. The van der Waals surface area contributed by atoms with Crippen LogP contribution in [-0.2, 0) is 0 Å². The second-order valence-corrected chi connectivity index (χ2v) is 13.1. The Morgan fingerprint density at radius 1 is 0.392 bits per heavy atom. The predicted molar refractivity (Wildman–Crippen MR) is 210 cm³/mol. The number of hydrogen-bond donors (Lipinski definition) is 0. The Morgan fingerprint density at radius 2 is 0.980 bits per heavy atom. The Morgan fingerprint density at radius 3 is 1.69 bits per heavy atom. The van der Waals surface area contributed by atoms with Crippen molar-refractivity contribution in [3.63, 3.8) is 0 Å². The molecule has 0 saturated carbocycles. The molecule has 0 saturated heterocycles. The number of para-hydroxylation sites is 2. The second kappa shape index (κ2) is 11.6. The number of hydrogen-bond acceptors (Lipinski definition) is 3. The van der Waals surface area contributed by atoms with Crippen molar-refractivity contribution in [2.24, 2.45) is 0 Å². The fourth-order valence-corrected chi connectivity index (χ4v) is 7.40. The summed E-state index contributed by atoms with van der Waals surface area (Å²) in [5.41, 5.74) is 9.74. The molecule has 0 amide bonds. The Balaban J connectivity index is 1.14. The van der Waals surface area contributed by atoms with Crippen LogP contribution in [0.5, 0.6) is 0 Å². The van der Waals surface area contributed by atoms with E-state index < -0.39 is 0 Å². The van der Waals surface area contributed by atoms with Gasteiger partial charge in [-0.15, -0.1) is 0 Å². The van der Waals surface area contributed by atoms with E-state index in [2.05, 4.69) is 125 Å². The minimum absolute atomic E-state index is 0.644. The third kappa shape index (κ3) is 4.98. The van der Waals surface area contributed by atoms with Crippen LogP contribution in [0.3, 0.4) is 0 Å². The molecule has 0 atom stereocenters. The van der Waals surface area contributed by atoms with E-state index >= 15 is 0 Å². The summed E-state index contributed by atoms with van der Waals surface area (Å²) < 4.78 is 4.65. The number of fused-ring (bicyclic) bond motifs is 5. The zero-order valence-electron chi connectivity index (χ0n) is 27.9. The van der Waals surface area contributed by atoms with Crippen molar-refractivity contribution in [2.75, 3.05) is 0 Å². The molecule has 0 N–H and O–H groups in total. The second-order valence-electron chi connectivity index (χ2n) is 13.1. The van der Waals surface area contributed by atoms with Crippen molar-refractivity contribution >= 4 is 43.5 Å². The summed E-state index contributed by atoms with van der Waals surface area (Å²) in [5.74, 6) is 1.95. The average molecular weight is 654 g/mol. The van der Waals surface area contributed by atoms with Crippen LogP contribution >= 0.6 is 0 Å². The van der Waals surface area contributed by atoms with Crippen LogP contribution in [0.25, 0.3) is 89.0 Å². The molecule has 0 aliphatic carbocycles. The molecular formula is C46H31N5. The highest BCUT2D eigenvalue weighted by atomic mass is 15.0. The van der Waals surface area contributed by atoms with Gasteiger partial charge in [-0.25, -0.2) is 15.0 Å².